The summed E-state index contributed by atoms with van der Waals surface area (Å²) in [5, 5.41) is 3.56. The van der Waals surface area contributed by atoms with Gasteiger partial charge >= 0.3 is 0 Å². The molecule has 35 heavy (non-hydrogen) atoms. The summed E-state index contributed by atoms with van der Waals surface area (Å²) < 4.78 is 0. The molecule has 5 rings (SSSR count). The van der Waals surface area contributed by atoms with Gasteiger partial charge in [-0.1, -0.05) is 64.4 Å². The van der Waals surface area contributed by atoms with Crippen molar-refractivity contribution in [1.82, 2.24) is 9.97 Å². The number of H-pyrrole nitrogens is 1. The minimum Gasteiger partial charge on any atom is -0.370 e. The second-order valence-electron chi connectivity index (χ2n) is 11.3. The predicted octanol–water partition coefficient (Wildman–Crippen LogP) is 5.48. The standard InChI is InChI=1S/C29H37N5O/c1-18(2)19-10-12-22-20(16-19)11-13-24-28(3,14-7-15-29(22,24)4)17-31-26(30)34-27-32-23-9-6-5-8-21(23)25(35)33-27/h5-6,8-10,12,16,18,24H,7,11,13-15,17H2,1-4H3,(H4,30,31,32,33,34,35). The largest absolute Gasteiger partial charge is 0.370 e. The quantitative estimate of drug-likeness (QED) is 0.347. The number of nitrogens with one attached hydrogen (secondary N) is 2. The molecule has 3 unspecified atom stereocenters. The molecular formula is C29H37N5O. The van der Waals surface area contributed by atoms with Crippen molar-refractivity contribution in [2.75, 3.05) is 11.9 Å². The minimum atomic E-state index is -0.192. The van der Waals surface area contributed by atoms with Crippen LogP contribution in [-0.4, -0.2) is 22.5 Å². The van der Waals surface area contributed by atoms with Gasteiger partial charge in [-0.2, -0.15) is 0 Å². The molecule has 1 aromatic heterocycles. The van der Waals surface area contributed by atoms with Crippen LogP contribution in [0.3, 0.4) is 0 Å². The lowest BCUT2D eigenvalue weighted by molar-refractivity contribution is 0.0330. The Balaban J connectivity index is 1.37. The van der Waals surface area contributed by atoms with E-state index in [1.165, 1.54) is 36.0 Å². The summed E-state index contributed by atoms with van der Waals surface area (Å²) >= 11 is 0. The fraction of sp³-hybridized carbons (Fsp3) is 0.483. The molecule has 184 valence electrons. The van der Waals surface area contributed by atoms with Crippen LogP contribution in [0, 0.1) is 11.3 Å². The Labute approximate surface area is 207 Å². The Morgan fingerprint density at radius 3 is 2.83 bits per heavy atom. The molecule has 3 aromatic rings. The predicted molar refractivity (Wildman–Crippen MR) is 144 cm³/mol. The molecule has 3 atom stereocenters. The first kappa shape index (κ1) is 23.6. The van der Waals surface area contributed by atoms with Crippen molar-refractivity contribution in [2.45, 2.75) is 71.1 Å². The number of aliphatic imine (C=N–C) groups is 1. The molecule has 2 aliphatic rings. The molecule has 0 saturated heterocycles. The Bertz CT molecular complexity index is 1340. The lowest BCUT2D eigenvalue weighted by atomic mass is 9.50. The molecule has 1 heterocycles. The van der Waals surface area contributed by atoms with Gasteiger partial charge in [-0.3, -0.25) is 20.1 Å². The van der Waals surface area contributed by atoms with Crippen LogP contribution in [0.4, 0.5) is 5.95 Å². The van der Waals surface area contributed by atoms with E-state index < -0.39 is 0 Å². The molecule has 6 nitrogen and oxygen atoms in total. The lowest BCUT2D eigenvalue weighted by Gasteiger charge is -2.55. The monoisotopic (exact) mass is 471 g/mol. The van der Waals surface area contributed by atoms with Crippen LogP contribution >= 0.6 is 0 Å². The van der Waals surface area contributed by atoms with Gasteiger partial charge in [0.15, 0.2) is 5.96 Å². The highest BCUT2D eigenvalue weighted by Crippen LogP contribution is 2.57. The van der Waals surface area contributed by atoms with E-state index in [0.717, 1.165) is 12.8 Å². The number of hydrogen-bond acceptors (Lipinski definition) is 3. The van der Waals surface area contributed by atoms with Gasteiger partial charge in [-0.15, -0.1) is 0 Å². The maximum atomic E-state index is 12.4. The fourth-order valence-electron chi connectivity index (χ4n) is 6.76. The van der Waals surface area contributed by atoms with Crippen LogP contribution in [-0.2, 0) is 11.8 Å². The van der Waals surface area contributed by atoms with Crippen molar-refractivity contribution in [3.05, 3.63) is 69.5 Å². The van der Waals surface area contributed by atoms with Gasteiger partial charge in [0.2, 0.25) is 5.95 Å². The smallest absolute Gasteiger partial charge is 0.260 e. The lowest BCUT2D eigenvalue weighted by Crippen LogP contribution is -2.50. The summed E-state index contributed by atoms with van der Waals surface area (Å²) in [6, 6.07) is 14.5. The zero-order valence-corrected chi connectivity index (χ0v) is 21.3. The molecule has 0 spiro atoms. The summed E-state index contributed by atoms with van der Waals surface area (Å²) in [7, 11) is 0. The highest BCUT2D eigenvalue weighted by Gasteiger charge is 2.51. The summed E-state index contributed by atoms with van der Waals surface area (Å²) in [6.45, 7) is 10.1. The molecule has 2 aromatic carbocycles. The summed E-state index contributed by atoms with van der Waals surface area (Å²) in [4.78, 5) is 24.4. The van der Waals surface area contributed by atoms with Crippen molar-refractivity contribution in [1.29, 1.82) is 0 Å². The molecule has 6 heteroatoms. The molecule has 0 bridgehead atoms. The maximum absolute atomic E-state index is 12.4. The van der Waals surface area contributed by atoms with Crippen molar-refractivity contribution < 1.29 is 0 Å². The Hall–Kier alpha value is -3.15. The van der Waals surface area contributed by atoms with Gasteiger partial charge in [0.25, 0.3) is 5.56 Å². The van der Waals surface area contributed by atoms with Crippen LogP contribution in [0.25, 0.3) is 10.9 Å². The van der Waals surface area contributed by atoms with E-state index in [1.54, 1.807) is 6.07 Å². The van der Waals surface area contributed by atoms with Gasteiger partial charge in [-0.25, -0.2) is 4.98 Å². The number of nitrogens with two attached hydrogens (primary N) is 1. The van der Waals surface area contributed by atoms with E-state index in [2.05, 4.69) is 61.2 Å². The third-order valence-corrected chi connectivity index (χ3v) is 8.64. The number of nitrogens with zero attached hydrogens (tertiary/aromatic N) is 2. The third kappa shape index (κ3) is 4.24. The van der Waals surface area contributed by atoms with E-state index in [0.29, 0.717) is 35.2 Å². The topological polar surface area (TPSA) is 96.2 Å². The number of hydrogen-bond donors (Lipinski definition) is 3. The van der Waals surface area contributed by atoms with Gasteiger partial charge in [0.05, 0.1) is 10.9 Å². The normalized spacial score (nSPS) is 26.4. The van der Waals surface area contributed by atoms with Crippen LogP contribution in [0.15, 0.2) is 52.3 Å². The molecule has 1 saturated carbocycles. The van der Waals surface area contributed by atoms with Gasteiger partial charge in [0, 0.05) is 6.54 Å². The third-order valence-electron chi connectivity index (χ3n) is 8.64. The fourth-order valence-corrected chi connectivity index (χ4v) is 6.76. The average Bonchev–Trinajstić information content (AvgIpc) is 2.82. The van der Waals surface area contributed by atoms with Crippen molar-refractivity contribution in [3.63, 3.8) is 0 Å². The number of rotatable bonds is 4. The SMILES string of the molecule is CC(C)c1ccc2c(c1)CCC1C(C)(CN=C(N)Nc3nc4ccccc4c(=O)[nH]3)CCCC21C. The molecule has 0 radical (unpaired) electrons. The second kappa shape index (κ2) is 8.81. The first-order chi connectivity index (χ1) is 16.7. The number of fused-ring (bicyclic) bond motifs is 4. The van der Waals surface area contributed by atoms with E-state index in [4.69, 9.17) is 10.7 Å². The number of benzene rings is 2. The number of para-hydroxylation sites is 1. The van der Waals surface area contributed by atoms with E-state index in [1.807, 2.05) is 18.2 Å². The van der Waals surface area contributed by atoms with Gasteiger partial charge in [-0.05, 0) is 77.2 Å². The van der Waals surface area contributed by atoms with Gasteiger partial charge < -0.3 is 5.73 Å². The molecular weight excluding hydrogens is 434 g/mol. The Kier molecular flexibility index (Phi) is 5.94. The maximum Gasteiger partial charge on any atom is 0.260 e. The summed E-state index contributed by atoms with van der Waals surface area (Å²) in [5.41, 5.74) is 11.5. The zero-order valence-electron chi connectivity index (χ0n) is 21.3. The summed E-state index contributed by atoms with van der Waals surface area (Å²) in [6.07, 6.45) is 5.88. The number of aryl methyl sites for hydroxylation is 1. The Morgan fingerprint density at radius 1 is 1.23 bits per heavy atom. The van der Waals surface area contributed by atoms with Crippen LogP contribution in [0.1, 0.15) is 76.0 Å². The molecule has 1 fully saturated rings. The first-order valence-electron chi connectivity index (χ1n) is 12.9. The Morgan fingerprint density at radius 2 is 2.03 bits per heavy atom. The number of aromatic amines is 1. The molecule has 4 N–H and O–H groups in total. The van der Waals surface area contributed by atoms with Crippen molar-refractivity contribution in [3.8, 4) is 0 Å². The number of aromatic nitrogens is 2. The first-order valence-corrected chi connectivity index (χ1v) is 12.9. The van der Waals surface area contributed by atoms with E-state index >= 15 is 0 Å². The van der Waals surface area contributed by atoms with Crippen LogP contribution < -0.4 is 16.6 Å². The zero-order chi connectivity index (χ0) is 24.8. The second-order valence-corrected chi connectivity index (χ2v) is 11.3. The van der Waals surface area contributed by atoms with E-state index in [9.17, 15) is 4.79 Å². The average molecular weight is 472 g/mol. The molecule has 0 aliphatic heterocycles. The minimum absolute atomic E-state index is 0.0674. The number of anilines is 1. The van der Waals surface area contributed by atoms with Gasteiger partial charge in [0.1, 0.15) is 0 Å². The van der Waals surface area contributed by atoms with E-state index in [-0.39, 0.29) is 22.3 Å². The van der Waals surface area contributed by atoms with Crippen LogP contribution in [0.5, 0.6) is 0 Å². The molecule has 2 aliphatic carbocycles. The van der Waals surface area contributed by atoms with Crippen LogP contribution in [0.2, 0.25) is 0 Å². The van der Waals surface area contributed by atoms with Crippen molar-refractivity contribution in [2.24, 2.45) is 22.1 Å². The number of guanidine groups is 1. The highest BCUT2D eigenvalue weighted by molar-refractivity contribution is 5.91. The summed E-state index contributed by atoms with van der Waals surface area (Å²) in [5.74, 6) is 1.71. The van der Waals surface area contributed by atoms with Crippen molar-refractivity contribution >= 4 is 22.8 Å². The highest BCUT2D eigenvalue weighted by atomic mass is 16.1. The molecule has 0 amide bonds.